The first kappa shape index (κ1) is 32.2. The lowest BCUT2D eigenvalue weighted by Gasteiger charge is -2.32. The van der Waals surface area contributed by atoms with Crippen LogP contribution in [-0.2, 0) is 47.7 Å². The van der Waals surface area contributed by atoms with Gasteiger partial charge in [-0.05, 0) is 6.42 Å². The van der Waals surface area contributed by atoms with Gasteiger partial charge in [0.15, 0.2) is 0 Å². The molecule has 1 N–H and O–H groups in total. The second-order valence-electron chi connectivity index (χ2n) is 8.31. The Morgan fingerprint density at radius 2 is 0.970 bits per heavy atom. The standard InChI is InChI=1S/C19H39NO10S3/c1-5-6-7-8-9-10-11-12-13-14-18(21)20-19(15-28-31(2,22)23,16-29-32(3,24)25)17-30-33(4,26)27/h5-17H2,1-4H3,(H,20,21). The number of amides is 1. The molecule has 0 unspecified atom stereocenters. The Kier molecular flexibility index (Phi) is 14.9. The summed E-state index contributed by atoms with van der Waals surface area (Å²) in [6.45, 7) is -0.172. The first-order valence-corrected chi connectivity index (χ1v) is 16.4. The smallest absolute Gasteiger partial charge is 0.264 e. The van der Waals surface area contributed by atoms with Crippen LogP contribution in [0.2, 0.25) is 0 Å². The minimum atomic E-state index is -4.00. The SMILES string of the molecule is CCCCCCCCCCCC(=O)NC(COS(C)(=O)=O)(COS(C)(=O)=O)COS(C)(=O)=O. The fourth-order valence-corrected chi connectivity index (χ4v) is 4.17. The van der Waals surface area contributed by atoms with E-state index in [1.54, 1.807) is 0 Å². The average Bonchev–Trinajstić information content (AvgIpc) is 2.66. The van der Waals surface area contributed by atoms with Crippen molar-refractivity contribution in [2.24, 2.45) is 0 Å². The van der Waals surface area contributed by atoms with Crippen LogP contribution in [0.5, 0.6) is 0 Å². The van der Waals surface area contributed by atoms with Gasteiger partial charge in [0.05, 0.1) is 38.6 Å². The molecule has 0 fully saturated rings. The summed E-state index contributed by atoms with van der Waals surface area (Å²) in [4.78, 5) is 12.5. The third-order valence-electron chi connectivity index (χ3n) is 4.56. The summed E-state index contributed by atoms with van der Waals surface area (Å²) in [5, 5.41) is 2.47. The summed E-state index contributed by atoms with van der Waals surface area (Å²) in [5.74, 6) is -0.538. The van der Waals surface area contributed by atoms with Gasteiger partial charge in [-0.1, -0.05) is 58.3 Å². The molecule has 33 heavy (non-hydrogen) atoms. The quantitative estimate of drug-likeness (QED) is 0.179. The molecule has 0 aromatic carbocycles. The van der Waals surface area contributed by atoms with Gasteiger partial charge in [-0.2, -0.15) is 25.3 Å². The molecule has 0 rings (SSSR count). The van der Waals surface area contributed by atoms with Gasteiger partial charge in [-0.15, -0.1) is 0 Å². The Hall–Kier alpha value is -0.800. The molecule has 0 heterocycles. The van der Waals surface area contributed by atoms with Gasteiger partial charge in [0.25, 0.3) is 30.4 Å². The van der Waals surface area contributed by atoms with Gasteiger partial charge in [0, 0.05) is 6.42 Å². The van der Waals surface area contributed by atoms with Crippen LogP contribution < -0.4 is 5.32 Å². The zero-order chi connectivity index (χ0) is 25.6. The van der Waals surface area contributed by atoms with E-state index in [-0.39, 0.29) is 6.42 Å². The van der Waals surface area contributed by atoms with Crippen LogP contribution in [0.3, 0.4) is 0 Å². The van der Waals surface area contributed by atoms with Gasteiger partial charge < -0.3 is 5.32 Å². The van der Waals surface area contributed by atoms with Gasteiger partial charge in [-0.25, -0.2) is 0 Å². The molecular weight excluding hydrogens is 498 g/mol. The Bertz CT molecular complexity index is 794. The van der Waals surface area contributed by atoms with Crippen LogP contribution in [0, 0.1) is 0 Å². The third kappa shape index (κ3) is 20.3. The Morgan fingerprint density at radius 3 is 1.30 bits per heavy atom. The van der Waals surface area contributed by atoms with Crippen molar-refractivity contribution in [3.8, 4) is 0 Å². The molecule has 14 heteroatoms. The third-order valence-corrected chi connectivity index (χ3v) is 6.20. The van der Waals surface area contributed by atoms with Crippen LogP contribution in [0.25, 0.3) is 0 Å². The van der Waals surface area contributed by atoms with Crippen molar-refractivity contribution < 1.29 is 42.6 Å². The Balaban J connectivity index is 5.05. The molecule has 0 saturated carbocycles. The summed E-state index contributed by atoms with van der Waals surface area (Å²) < 4.78 is 83.0. The van der Waals surface area contributed by atoms with Crippen molar-refractivity contribution in [2.45, 2.75) is 76.7 Å². The van der Waals surface area contributed by atoms with Crippen molar-refractivity contribution in [2.75, 3.05) is 38.6 Å². The molecule has 0 aromatic rings. The number of rotatable bonds is 20. The van der Waals surface area contributed by atoms with Crippen LogP contribution in [0.1, 0.15) is 71.1 Å². The van der Waals surface area contributed by atoms with E-state index in [4.69, 9.17) is 12.5 Å². The van der Waals surface area contributed by atoms with E-state index in [2.05, 4.69) is 12.2 Å². The first-order valence-electron chi connectivity index (χ1n) is 10.9. The zero-order valence-electron chi connectivity index (χ0n) is 20.0. The van der Waals surface area contributed by atoms with Gasteiger partial charge >= 0.3 is 0 Å². The molecule has 198 valence electrons. The van der Waals surface area contributed by atoms with Crippen molar-refractivity contribution in [1.29, 1.82) is 0 Å². The van der Waals surface area contributed by atoms with E-state index in [1.165, 1.54) is 25.7 Å². The van der Waals surface area contributed by atoms with Crippen LogP contribution in [0.4, 0.5) is 0 Å². The zero-order valence-corrected chi connectivity index (χ0v) is 22.4. The number of carbonyl (C=O) groups excluding carboxylic acids is 1. The van der Waals surface area contributed by atoms with Crippen LogP contribution >= 0.6 is 0 Å². The largest absolute Gasteiger partial charge is 0.344 e. The van der Waals surface area contributed by atoms with E-state index in [9.17, 15) is 30.0 Å². The summed E-state index contributed by atoms with van der Waals surface area (Å²) in [5.41, 5.74) is -1.87. The minimum absolute atomic E-state index is 0.0776. The molecule has 0 bridgehead atoms. The minimum Gasteiger partial charge on any atom is -0.344 e. The lowest BCUT2D eigenvalue weighted by Crippen LogP contribution is -2.59. The Labute approximate surface area is 199 Å². The second-order valence-corrected chi connectivity index (χ2v) is 13.2. The van der Waals surface area contributed by atoms with Crippen molar-refractivity contribution in [1.82, 2.24) is 5.32 Å². The number of unbranched alkanes of at least 4 members (excludes halogenated alkanes) is 8. The van der Waals surface area contributed by atoms with Crippen molar-refractivity contribution >= 4 is 36.3 Å². The lowest BCUT2D eigenvalue weighted by atomic mass is 10.0. The van der Waals surface area contributed by atoms with E-state index < -0.39 is 61.6 Å². The van der Waals surface area contributed by atoms with E-state index in [1.807, 2.05) is 0 Å². The van der Waals surface area contributed by atoms with Gasteiger partial charge in [0.1, 0.15) is 5.54 Å². The van der Waals surface area contributed by atoms with E-state index in [0.717, 1.165) is 44.5 Å². The lowest BCUT2D eigenvalue weighted by molar-refractivity contribution is -0.124. The molecule has 0 atom stereocenters. The van der Waals surface area contributed by atoms with Gasteiger partial charge in [0.2, 0.25) is 5.91 Å². The Morgan fingerprint density at radius 1 is 0.636 bits per heavy atom. The van der Waals surface area contributed by atoms with E-state index in [0.29, 0.717) is 6.42 Å². The van der Waals surface area contributed by atoms with Crippen LogP contribution in [0.15, 0.2) is 0 Å². The molecule has 0 aliphatic heterocycles. The number of carbonyl (C=O) groups is 1. The molecule has 11 nitrogen and oxygen atoms in total. The summed E-state index contributed by atoms with van der Waals surface area (Å²) in [6, 6.07) is 0. The molecule has 0 saturated heterocycles. The maximum absolute atomic E-state index is 12.5. The molecule has 0 spiro atoms. The second kappa shape index (κ2) is 15.2. The summed E-state index contributed by atoms with van der Waals surface area (Å²) >= 11 is 0. The number of nitrogens with one attached hydrogen (secondary N) is 1. The highest BCUT2D eigenvalue weighted by molar-refractivity contribution is 7.86. The number of hydrogen-bond acceptors (Lipinski definition) is 10. The molecule has 0 radical (unpaired) electrons. The highest BCUT2D eigenvalue weighted by atomic mass is 32.2. The highest BCUT2D eigenvalue weighted by Crippen LogP contribution is 2.15. The van der Waals surface area contributed by atoms with E-state index >= 15 is 0 Å². The van der Waals surface area contributed by atoms with Gasteiger partial charge in [-0.3, -0.25) is 17.3 Å². The predicted octanol–water partition coefficient (Wildman–Crippen LogP) is 1.69. The average molecular weight is 538 g/mol. The highest BCUT2D eigenvalue weighted by Gasteiger charge is 2.37. The monoisotopic (exact) mass is 537 g/mol. The molecule has 1 amide bonds. The maximum atomic E-state index is 12.5. The normalized spacial score (nSPS) is 13.2. The maximum Gasteiger partial charge on any atom is 0.264 e. The molecule has 0 aromatic heterocycles. The van der Waals surface area contributed by atoms with Crippen molar-refractivity contribution in [3.63, 3.8) is 0 Å². The fourth-order valence-electron chi connectivity index (χ4n) is 2.85. The molecule has 0 aliphatic rings. The number of hydrogen-bond donors (Lipinski definition) is 1. The molecular formula is C19H39NO10S3. The first-order chi connectivity index (χ1) is 15.1. The van der Waals surface area contributed by atoms with Crippen LogP contribution in [-0.4, -0.2) is 75.3 Å². The predicted molar refractivity (Wildman–Crippen MR) is 125 cm³/mol. The van der Waals surface area contributed by atoms with Crippen molar-refractivity contribution in [3.05, 3.63) is 0 Å². The topological polar surface area (TPSA) is 159 Å². The molecule has 0 aliphatic carbocycles. The fraction of sp³-hybridized carbons (Fsp3) is 0.947. The summed E-state index contributed by atoms with van der Waals surface area (Å²) in [6.07, 6.45) is 11.8. The summed E-state index contributed by atoms with van der Waals surface area (Å²) in [7, 11) is -12.0.